The fraction of sp³-hybridized carbons (Fsp3) is 0.0455. The van der Waals surface area contributed by atoms with Gasteiger partial charge in [0.15, 0.2) is 0 Å². The first-order valence-corrected chi connectivity index (χ1v) is 8.87. The summed E-state index contributed by atoms with van der Waals surface area (Å²) in [7, 11) is 0. The van der Waals surface area contributed by atoms with Gasteiger partial charge in [0.2, 0.25) is 0 Å². The van der Waals surface area contributed by atoms with Gasteiger partial charge in [-0.2, -0.15) is 5.10 Å². The number of nitrogens with zero attached hydrogens (tertiary/aromatic N) is 3. The standard InChI is InChI=1S/C22H19N5O/c1-15-8-5-6-12-19(15)27-20(14-18(26-27)16-9-3-2-4-10-16)25-22-17(21(23)28)11-7-13-24-22/h2-14H,1H3,(H2,23,28)(H,24,25). The Morgan fingerprint density at radius 3 is 2.50 bits per heavy atom. The second kappa shape index (κ2) is 7.36. The summed E-state index contributed by atoms with van der Waals surface area (Å²) in [5.41, 5.74) is 9.63. The number of carbonyl (C=O) groups excluding carboxylic acids is 1. The van der Waals surface area contributed by atoms with Crippen LogP contribution in [0.25, 0.3) is 16.9 Å². The number of hydrogen-bond acceptors (Lipinski definition) is 4. The predicted octanol–water partition coefficient (Wildman–Crippen LogP) is 4.09. The summed E-state index contributed by atoms with van der Waals surface area (Å²) in [5.74, 6) is 0.541. The fourth-order valence-electron chi connectivity index (χ4n) is 3.03. The Morgan fingerprint density at radius 1 is 1.00 bits per heavy atom. The van der Waals surface area contributed by atoms with E-state index in [1.807, 2.05) is 72.3 Å². The van der Waals surface area contributed by atoms with Gasteiger partial charge in [0, 0.05) is 17.8 Å². The van der Waals surface area contributed by atoms with Gasteiger partial charge in [-0.1, -0.05) is 48.5 Å². The zero-order valence-corrected chi connectivity index (χ0v) is 15.3. The first kappa shape index (κ1) is 17.5. The minimum atomic E-state index is -0.541. The number of para-hydroxylation sites is 1. The van der Waals surface area contributed by atoms with Crippen LogP contribution in [0.15, 0.2) is 79.0 Å². The molecule has 2 aromatic carbocycles. The van der Waals surface area contributed by atoms with Crippen LogP contribution < -0.4 is 11.1 Å². The first-order chi connectivity index (χ1) is 13.6. The number of nitrogens with two attached hydrogens (primary N) is 1. The molecule has 0 saturated heterocycles. The molecule has 6 heteroatoms. The second-order valence-corrected chi connectivity index (χ2v) is 6.37. The monoisotopic (exact) mass is 369 g/mol. The van der Waals surface area contributed by atoms with Crippen LogP contribution in [0.5, 0.6) is 0 Å². The molecule has 3 N–H and O–H groups in total. The molecule has 2 heterocycles. The predicted molar refractivity (Wildman–Crippen MR) is 110 cm³/mol. The van der Waals surface area contributed by atoms with Crippen LogP contribution in [0.3, 0.4) is 0 Å². The van der Waals surface area contributed by atoms with Crippen molar-refractivity contribution in [3.05, 3.63) is 90.1 Å². The number of aromatic nitrogens is 3. The van der Waals surface area contributed by atoms with Crippen molar-refractivity contribution < 1.29 is 4.79 Å². The molecule has 4 aromatic rings. The minimum absolute atomic E-state index is 0.321. The summed E-state index contributed by atoms with van der Waals surface area (Å²) in [6.07, 6.45) is 1.61. The molecule has 0 aliphatic rings. The molecule has 0 bridgehead atoms. The number of carbonyl (C=O) groups is 1. The van der Waals surface area contributed by atoms with Crippen molar-refractivity contribution in [3.8, 4) is 16.9 Å². The van der Waals surface area contributed by atoms with Crippen molar-refractivity contribution >= 4 is 17.5 Å². The van der Waals surface area contributed by atoms with Crippen molar-refractivity contribution in [1.29, 1.82) is 0 Å². The molecule has 0 radical (unpaired) electrons. The van der Waals surface area contributed by atoms with E-state index in [4.69, 9.17) is 10.8 Å². The lowest BCUT2D eigenvalue weighted by Crippen LogP contribution is -2.15. The van der Waals surface area contributed by atoms with Crippen LogP contribution in [0, 0.1) is 6.92 Å². The SMILES string of the molecule is Cc1ccccc1-n1nc(-c2ccccc2)cc1Nc1ncccc1C(N)=O. The van der Waals surface area contributed by atoms with E-state index in [2.05, 4.69) is 10.3 Å². The molecule has 0 unspecified atom stereocenters. The molecule has 0 spiro atoms. The van der Waals surface area contributed by atoms with Gasteiger partial charge in [0.05, 0.1) is 16.9 Å². The number of anilines is 2. The molecule has 138 valence electrons. The summed E-state index contributed by atoms with van der Waals surface area (Å²) in [6.45, 7) is 2.03. The van der Waals surface area contributed by atoms with Crippen LogP contribution >= 0.6 is 0 Å². The zero-order valence-electron chi connectivity index (χ0n) is 15.3. The van der Waals surface area contributed by atoms with E-state index in [-0.39, 0.29) is 0 Å². The van der Waals surface area contributed by atoms with E-state index in [0.717, 1.165) is 22.5 Å². The quantitative estimate of drug-likeness (QED) is 0.555. The Balaban J connectivity index is 1.85. The average Bonchev–Trinajstić information content (AvgIpc) is 3.13. The lowest BCUT2D eigenvalue weighted by atomic mass is 10.1. The molecule has 0 fully saturated rings. The lowest BCUT2D eigenvalue weighted by Gasteiger charge is -2.12. The van der Waals surface area contributed by atoms with Gasteiger partial charge in [0.1, 0.15) is 11.6 Å². The largest absolute Gasteiger partial charge is 0.365 e. The number of hydrogen-bond donors (Lipinski definition) is 2. The third-order valence-corrected chi connectivity index (χ3v) is 4.44. The maximum absolute atomic E-state index is 11.8. The van der Waals surface area contributed by atoms with E-state index in [1.54, 1.807) is 18.3 Å². The number of rotatable bonds is 5. The molecule has 4 rings (SSSR count). The van der Waals surface area contributed by atoms with Crippen molar-refractivity contribution in [3.63, 3.8) is 0 Å². The van der Waals surface area contributed by atoms with Crippen LogP contribution in [0.4, 0.5) is 11.6 Å². The molecule has 6 nitrogen and oxygen atoms in total. The van der Waals surface area contributed by atoms with Crippen molar-refractivity contribution in [1.82, 2.24) is 14.8 Å². The highest BCUT2D eigenvalue weighted by Gasteiger charge is 2.16. The maximum atomic E-state index is 11.8. The van der Waals surface area contributed by atoms with E-state index in [1.165, 1.54) is 0 Å². The van der Waals surface area contributed by atoms with Gasteiger partial charge in [-0.25, -0.2) is 9.67 Å². The zero-order chi connectivity index (χ0) is 19.5. The van der Waals surface area contributed by atoms with Crippen LogP contribution in [-0.4, -0.2) is 20.7 Å². The summed E-state index contributed by atoms with van der Waals surface area (Å²) in [5, 5.41) is 8.02. The van der Waals surface area contributed by atoms with Gasteiger partial charge >= 0.3 is 0 Å². The molecular formula is C22H19N5O. The molecule has 0 aliphatic heterocycles. The molecule has 1 amide bonds. The molecule has 0 atom stereocenters. The Morgan fingerprint density at radius 2 is 1.75 bits per heavy atom. The Bertz CT molecular complexity index is 1130. The number of primary amides is 1. The number of amides is 1. The fourth-order valence-corrected chi connectivity index (χ4v) is 3.03. The molecule has 28 heavy (non-hydrogen) atoms. The lowest BCUT2D eigenvalue weighted by molar-refractivity contribution is 0.100. The van der Waals surface area contributed by atoms with Crippen LogP contribution in [-0.2, 0) is 0 Å². The summed E-state index contributed by atoms with van der Waals surface area (Å²) < 4.78 is 1.82. The van der Waals surface area contributed by atoms with Gasteiger partial charge in [-0.15, -0.1) is 0 Å². The second-order valence-electron chi connectivity index (χ2n) is 6.37. The average molecular weight is 369 g/mol. The van der Waals surface area contributed by atoms with E-state index in [0.29, 0.717) is 17.2 Å². The minimum Gasteiger partial charge on any atom is -0.365 e. The maximum Gasteiger partial charge on any atom is 0.252 e. The van der Waals surface area contributed by atoms with Crippen molar-refractivity contribution in [2.24, 2.45) is 5.73 Å². The summed E-state index contributed by atoms with van der Waals surface area (Å²) in [4.78, 5) is 16.0. The normalized spacial score (nSPS) is 10.6. The molecular weight excluding hydrogens is 350 g/mol. The number of pyridine rings is 1. The van der Waals surface area contributed by atoms with E-state index < -0.39 is 5.91 Å². The van der Waals surface area contributed by atoms with Gasteiger partial charge < -0.3 is 11.1 Å². The van der Waals surface area contributed by atoms with Gasteiger partial charge in [-0.3, -0.25) is 4.79 Å². The Labute approximate surface area is 162 Å². The van der Waals surface area contributed by atoms with Crippen molar-refractivity contribution in [2.75, 3.05) is 5.32 Å². The number of aryl methyl sites for hydroxylation is 1. The highest BCUT2D eigenvalue weighted by molar-refractivity contribution is 5.98. The van der Waals surface area contributed by atoms with Crippen molar-refractivity contribution in [2.45, 2.75) is 6.92 Å². The first-order valence-electron chi connectivity index (χ1n) is 8.87. The van der Waals surface area contributed by atoms with Gasteiger partial charge in [-0.05, 0) is 30.7 Å². The summed E-state index contributed by atoms with van der Waals surface area (Å²) >= 11 is 0. The smallest absolute Gasteiger partial charge is 0.252 e. The molecule has 0 aliphatic carbocycles. The van der Waals surface area contributed by atoms with Crippen LogP contribution in [0.1, 0.15) is 15.9 Å². The Kier molecular flexibility index (Phi) is 4.60. The van der Waals surface area contributed by atoms with E-state index in [9.17, 15) is 4.79 Å². The molecule has 0 saturated carbocycles. The highest BCUT2D eigenvalue weighted by Crippen LogP contribution is 2.28. The highest BCUT2D eigenvalue weighted by atomic mass is 16.1. The summed E-state index contributed by atoms with van der Waals surface area (Å²) in [6, 6.07) is 23.1. The third kappa shape index (κ3) is 3.35. The third-order valence-electron chi connectivity index (χ3n) is 4.44. The topological polar surface area (TPSA) is 85.8 Å². The number of benzene rings is 2. The van der Waals surface area contributed by atoms with Crippen LogP contribution in [0.2, 0.25) is 0 Å². The molecule has 2 aromatic heterocycles. The number of nitrogens with one attached hydrogen (secondary N) is 1. The van der Waals surface area contributed by atoms with Gasteiger partial charge in [0.25, 0.3) is 5.91 Å². The van der Waals surface area contributed by atoms with E-state index >= 15 is 0 Å². The Hall–Kier alpha value is -3.93.